The number of hydrogen-bond donors (Lipinski definition) is 0. The second-order valence-corrected chi connectivity index (χ2v) is 10.4. The quantitative estimate of drug-likeness (QED) is 0.562. The van der Waals surface area contributed by atoms with Gasteiger partial charge in [-0.1, -0.05) is 30.3 Å². The molecule has 0 radical (unpaired) electrons. The van der Waals surface area contributed by atoms with Gasteiger partial charge >= 0.3 is 5.97 Å². The Hall–Kier alpha value is -2.38. The van der Waals surface area contributed by atoms with Gasteiger partial charge in [-0.25, -0.2) is 13.2 Å². The SMILES string of the molecule is CC(C)(C)OC(=O)[C@@H](c1ccccc1)N(c1ccc2sccc2c1)S(C)(=O)=O. The standard InChI is InChI=1S/C21H23NO4S2/c1-21(2,3)26-20(23)19(15-8-6-5-7-9-15)22(28(4,24)25)17-10-11-18-16(14-17)12-13-27-18/h5-14,19H,1-4H3/t19-/m1/s1. The highest BCUT2D eigenvalue weighted by Crippen LogP contribution is 2.35. The van der Waals surface area contributed by atoms with E-state index in [1.165, 1.54) is 0 Å². The lowest BCUT2D eigenvalue weighted by molar-refractivity contribution is -0.156. The first kappa shape index (κ1) is 20.4. The average Bonchev–Trinajstić information content (AvgIpc) is 3.05. The third-order valence-corrected chi connectivity index (χ3v) is 6.06. The summed E-state index contributed by atoms with van der Waals surface area (Å²) in [5.41, 5.74) is 0.227. The molecule has 0 bridgehead atoms. The summed E-state index contributed by atoms with van der Waals surface area (Å²) < 4.78 is 33.4. The number of ether oxygens (including phenoxy) is 1. The summed E-state index contributed by atoms with van der Waals surface area (Å²) in [4.78, 5) is 13.1. The fraction of sp³-hybridized carbons (Fsp3) is 0.286. The Morgan fingerprint density at radius 1 is 1.07 bits per heavy atom. The van der Waals surface area contributed by atoms with E-state index in [2.05, 4.69) is 0 Å². The Morgan fingerprint density at radius 3 is 2.36 bits per heavy atom. The number of hydrogen-bond acceptors (Lipinski definition) is 5. The number of esters is 1. The van der Waals surface area contributed by atoms with Gasteiger partial charge in [0.25, 0.3) is 0 Å². The Labute approximate surface area is 169 Å². The molecule has 0 aliphatic rings. The van der Waals surface area contributed by atoms with Crippen molar-refractivity contribution in [1.82, 2.24) is 0 Å². The normalized spacial score (nSPS) is 13.3. The highest BCUT2D eigenvalue weighted by Gasteiger charge is 2.37. The summed E-state index contributed by atoms with van der Waals surface area (Å²) in [5.74, 6) is -0.616. The highest BCUT2D eigenvalue weighted by atomic mass is 32.2. The first-order valence-electron chi connectivity index (χ1n) is 8.81. The van der Waals surface area contributed by atoms with Crippen LogP contribution in [-0.4, -0.2) is 26.2 Å². The predicted octanol–water partition coefficient (Wildman–Crippen LogP) is 4.75. The van der Waals surface area contributed by atoms with Crippen molar-refractivity contribution in [1.29, 1.82) is 0 Å². The first-order chi connectivity index (χ1) is 13.1. The van der Waals surface area contributed by atoms with E-state index in [0.717, 1.165) is 20.6 Å². The second-order valence-electron chi connectivity index (χ2n) is 7.55. The molecule has 3 aromatic rings. The lowest BCUT2D eigenvalue weighted by Gasteiger charge is -2.32. The van der Waals surface area contributed by atoms with Crippen molar-refractivity contribution in [2.24, 2.45) is 0 Å². The number of rotatable bonds is 5. The van der Waals surface area contributed by atoms with Crippen LogP contribution in [0.2, 0.25) is 0 Å². The van der Waals surface area contributed by atoms with Crippen LogP contribution >= 0.6 is 11.3 Å². The molecular formula is C21H23NO4S2. The molecule has 0 saturated carbocycles. The van der Waals surface area contributed by atoms with Crippen molar-refractivity contribution in [3.63, 3.8) is 0 Å². The van der Waals surface area contributed by atoms with Gasteiger partial charge in [0.2, 0.25) is 10.0 Å². The molecule has 2 aromatic carbocycles. The molecule has 0 fully saturated rings. The number of carbonyl (C=O) groups is 1. The molecule has 0 aliphatic heterocycles. The number of nitrogens with zero attached hydrogens (tertiary/aromatic N) is 1. The number of fused-ring (bicyclic) bond motifs is 1. The van der Waals surface area contributed by atoms with E-state index in [0.29, 0.717) is 11.3 Å². The van der Waals surface area contributed by atoms with Gasteiger partial charge < -0.3 is 4.74 Å². The minimum Gasteiger partial charge on any atom is -0.458 e. The van der Waals surface area contributed by atoms with Crippen LogP contribution in [0.5, 0.6) is 0 Å². The van der Waals surface area contributed by atoms with E-state index in [4.69, 9.17) is 4.74 Å². The van der Waals surface area contributed by atoms with Crippen molar-refractivity contribution in [3.05, 3.63) is 65.5 Å². The summed E-state index contributed by atoms with van der Waals surface area (Å²) in [5, 5.41) is 2.87. The van der Waals surface area contributed by atoms with Crippen molar-refractivity contribution < 1.29 is 17.9 Å². The van der Waals surface area contributed by atoms with Gasteiger partial charge in [0.15, 0.2) is 6.04 Å². The lowest BCUT2D eigenvalue weighted by atomic mass is 10.1. The molecule has 0 N–H and O–H groups in total. The number of sulfonamides is 1. The highest BCUT2D eigenvalue weighted by molar-refractivity contribution is 7.92. The van der Waals surface area contributed by atoms with E-state index >= 15 is 0 Å². The predicted molar refractivity (Wildman–Crippen MR) is 114 cm³/mol. The zero-order valence-corrected chi connectivity index (χ0v) is 17.9. The topological polar surface area (TPSA) is 63.7 Å². The molecule has 1 heterocycles. The van der Waals surface area contributed by atoms with Crippen LogP contribution in [0.3, 0.4) is 0 Å². The van der Waals surface area contributed by atoms with Crippen molar-refractivity contribution in [3.8, 4) is 0 Å². The van der Waals surface area contributed by atoms with Gasteiger partial charge in [0, 0.05) is 4.70 Å². The molecule has 0 aliphatic carbocycles. The van der Waals surface area contributed by atoms with Gasteiger partial charge in [-0.2, -0.15) is 0 Å². The summed E-state index contributed by atoms with van der Waals surface area (Å²) in [6.45, 7) is 5.28. The minimum absolute atomic E-state index is 0.424. The third-order valence-electron chi connectivity index (χ3n) is 4.03. The molecule has 5 nitrogen and oxygen atoms in total. The van der Waals surface area contributed by atoms with Crippen LogP contribution in [0.4, 0.5) is 5.69 Å². The van der Waals surface area contributed by atoms with Gasteiger partial charge in [0.05, 0.1) is 11.9 Å². The Balaban J connectivity index is 2.18. The van der Waals surface area contributed by atoms with Crippen molar-refractivity contribution in [2.45, 2.75) is 32.4 Å². The van der Waals surface area contributed by atoms with Crippen molar-refractivity contribution >= 4 is 43.1 Å². The molecule has 28 heavy (non-hydrogen) atoms. The molecule has 0 amide bonds. The summed E-state index contributed by atoms with van der Waals surface area (Å²) in [6.07, 6.45) is 1.10. The van der Waals surface area contributed by atoms with Crippen LogP contribution in [-0.2, 0) is 19.6 Å². The maximum absolute atomic E-state index is 13.1. The van der Waals surface area contributed by atoms with Gasteiger partial charge in [-0.15, -0.1) is 11.3 Å². The molecule has 0 unspecified atom stereocenters. The Kier molecular flexibility index (Phi) is 5.50. The molecule has 0 spiro atoms. The minimum atomic E-state index is -3.78. The monoisotopic (exact) mass is 417 g/mol. The van der Waals surface area contributed by atoms with Gasteiger partial charge in [0.1, 0.15) is 5.60 Å². The van der Waals surface area contributed by atoms with Gasteiger partial charge in [-0.05, 0) is 61.4 Å². The van der Waals surface area contributed by atoms with Gasteiger partial charge in [-0.3, -0.25) is 4.31 Å². The number of anilines is 1. The van der Waals surface area contributed by atoms with Crippen LogP contribution < -0.4 is 4.31 Å². The maximum atomic E-state index is 13.1. The number of carbonyl (C=O) groups excluding carboxylic acids is 1. The van der Waals surface area contributed by atoms with E-state index in [-0.39, 0.29) is 0 Å². The Bertz CT molecular complexity index is 1080. The van der Waals surface area contributed by atoms with E-state index < -0.39 is 27.6 Å². The fourth-order valence-electron chi connectivity index (χ4n) is 2.98. The van der Waals surface area contributed by atoms with Crippen LogP contribution in [0.25, 0.3) is 10.1 Å². The molecule has 0 saturated heterocycles. The molecule has 148 valence electrons. The maximum Gasteiger partial charge on any atom is 0.335 e. The number of thiophene rings is 1. The summed E-state index contributed by atoms with van der Waals surface area (Å²) in [7, 11) is -3.78. The van der Waals surface area contributed by atoms with Crippen LogP contribution in [0, 0.1) is 0 Å². The Morgan fingerprint density at radius 2 is 1.75 bits per heavy atom. The first-order valence-corrected chi connectivity index (χ1v) is 11.5. The zero-order chi connectivity index (χ0) is 20.5. The van der Waals surface area contributed by atoms with E-state index in [1.807, 2.05) is 23.6 Å². The van der Waals surface area contributed by atoms with E-state index in [1.54, 1.807) is 68.5 Å². The lowest BCUT2D eigenvalue weighted by Crippen LogP contribution is -2.41. The third kappa shape index (κ3) is 4.54. The summed E-state index contributed by atoms with van der Waals surface area (Å²) >= 11 is 1.57. The average molecular weight is 418 g/mol. The van der Waals surface area contributed by atoms with Crippen LogP contribution in [0.1, 0.15) is 32.4 Å². The van der Waals surface area contributed by atoms with Crippen molar-refractivity contribution in [2.75, 3.05) is 10.6 Å². The molecule has 7 heteroatoms. The molecule has 1 aromatic heterocycles. The largest absolute Gasteiger partial charge is 0.458 e. The zero-order valence-electron chi connectivity index (χ0n) is 16.2. The number of benzene rings is 2. The molecule has 1 atom stereocenters. The smallest absolute Gasteiger partial charge is 0.335 e. The summed E-state index contributed by atoms with van der Waals surface area (Å²) in [6, 6.07) is 15.0. The van der Waals surface area contributed by atoms with Crippen LogP contribution in [0.15, 0.2) is 60.0 Å². The fourth-order valence-corrected chi connectivity index (χ4v) is 4.84. The second kappa shape index (κ2) is 7.56. The van der Waals surface area contributed by atoms with E-state index in [9.17, 15) is 13.2 Å². The molecule has 3 rings (SSSR count). The molecular weight excluding hydrogens is 394 g/mol.